The van der Waals surface area contributed by atoms with Gasteiger partial charge in [0.15, 0.2) is 10.9 Å². The maximum Gasteiger partial charge on any atom is 0.287 e. The van der Waals surface area contributed by atoms with Crippen molar-refractivity contribution in [2.75, 3.05) is 0 Å². The molecule has 5 heteroatoms. The van der Waals surface area contributed by atoms with Gasteiger partial charge >= 0.3 is 0 Å². The lowest BCUT2D eigenvalue weighted by atomic mass is 9.87. The molecule has 0 radical (unpaired) electrons. The number of carbonyl (C=O) groups is 1. The van der Waals surface area contributed by atoms with Gasteiger partial charge in [0.1, 0.15) is 0 Å². The summed E-state index contributed by atoms with van der Waals surface area (Å²) in [4.78, 5) is 13.7. The van der Waals surface area contributed by atoms with Gasteiger partial charge in [-0.1, -0.05) is 75.0 Å². The van der Waals surface area contributed by atoms with Gasteiger partial charge in [-0.25, -0.2) is 0 Å². The Morgan fingerprint density at radius 2 is 1.77 bits per heavy atom. The summed E-state index contributed by atoms with van der Waals surface area (Å²) in [6.07, 6.45) is -0.790. The zero-order chi connectivity index (χ0) is 21.9. The van der Waals surface area contributed by atoms with Crippen molar-refractivity contribution in [1.82, 2.24) is 5.32 Å². The third-order valence-corrected chi connectivity index (χ3v) is 6.12. The quantitative estimate of drug-likeness (QED) is 0.519. The molecule has 0 aliphatic heterocycles. The van der Waals surface area contributed by atoms with Crippen molar-refractivity contribution < 1.29 is 14.3 Å². The number of aliphatic hydroxyl groups is 1. The molecule has 1 heterocycles. The summed E-state index contributed by atoms with van der Waals surface area (Å²) in [6, 6.07) is 18.8. The van der Waals surface area contributed by atoms with Crippen molar-refractivity contribution in [1.29, 1.82) is 0 Å². The van der Waals surface area contributed by atoms with Gasteiger partial charge in [-0.3, -0.25) is 4.79 Å². The number of furan rings is 1. The largest absolute Gasteiger partial charge is 0.444 e. The second-order valence-electron chi connectivity index (χ2n) is 8.57. The van der Waals surface area contributed by atoms with Gasteiger partial charge in [-0.2, -0.15) is 0 Å². The molecule has 0 bridgehead atoms. The SMILES string of the molecule is Cc1ccc(C(C)(C)C)cc1Sc1ccc(C(=O)N[C@@H](C)[C@H](O)c2ccccc2)o1. The average Bonchev–Trinajstić information content (AvgIpc) is 3.17. The van der Waals surface area contributed by atoms with Crippen molar-refractivity contribution >= 4 is 17.7 Å². The maximum atomic E-state index is 12.6. The number of benzene rings is 2. The smallest absolute Gasteiger partial charge is 0.287 e. The lowest BCUT2D eigenvalue weighted by molar-refractivity contribution is 0.0821. The van der Waals surface area contributed by atoms with Gasteiger partial charge < -0.3 is 14.8 Å². The molecular formula is C25H29NO3S. The van der Waals surface area contributed by atoms with E-state index in [9.17, 15) is 9.90 Å². The third-order valence-electron chi connectivity index (χ3n) is 5.04. The van der Waals surface area contributed by atoms with Crippen LogP contribution in [0.25, 0.3) is 0 Å². The standard InChI is InChI=1S/C25H29NO3S/c1-16-11-12-19(25(3,4)5)15-21(16)30-22-14-13-20(29-22)24(28)26-17(2)23(27)18-9-7-6-8-10-18/h6-15,17,23,27H,1-5H3,(H,26,28)/t17-,23-/m0/s1. The number of rotatable bonds is 6. The summed E-state index contributed by atoms with van der Waals surface area (Å²) in [5.41, 5.74) is 3.24. The first-order valence-electron chi connectivity index (χ1n) is 10.1. The minimum absolute atomic E-state index is 0.0624. The number of amides is 1. The van der Waals surface area contributed by atoms with Crippen LogP contribution in [-0.4, -0.2) is 17.1 Å². The van der Waals surface area contributed by atoms with Crippen molar-refractivity contribution in [3.8, 4) is 0 Å². The van der Waals surface area contributed by atoms with Crippen LogP contribution in [0.1, 0.15) is 61.0 Å². The number of aryl methyl sites for hydroxylation is 1. The van der Waals surface area contributed by atoms with Crippen molar-refractivity contribution in [3.05, 3.63) is 83.1 Å². The van der Waals surface area contributed by atoms with E-state index in [0.29, 0.717) is 5.09 Å². The Labute approximate surface area is 182 Å². The lowest BCUT2D eigenvalue weighted by Crippen LogP contribution is -2.36. The highest BCUT2D eigenvalue weighted by Crippen LogP contribution is 2.35. The molecule has 3 aromatic rings. The minimum Gasteiger partial charge on any atom is -0.444 e. The van der Waals surface area contributed by atoms with Gasteiger partial charge in [-0.05, 0) is 54.2 Å². The molecule has 0 saturated carbocycles. The maximum absolute atomic E-state index is 12.6. The Hall–Kier alpha value is -2.50. The second-order valence-corrected chi connectivity index (χ2v) is 9.61. The molecule has 2 N–H and O–H groups in total. The van der Waals surface area contributed by atoms with E-state index < -0.39 is 12.1 Å². The molecule has 0 unspecified atom stereocenters. The van der Waals surface area contributed by atoms with E-state index in [-0.39, 0.29) is 17.1 Å². The molecule has 0 aliphatic rings. The number of carbonyl (C=O) groups excluding carboxylic acids is 1. The lowest BCUT2D eigenvalue weighted by Gasteiger charge is -2.20. The van der Waals surface area contributed by atoms with E-state index in [2.05, 4.69) is 51.2 Å². The van der Waals surface area contributed by atoms with Crippen LogP contribution in [0.15, 0.2) is 75.1 Å². The second kappa shape index (κ2) is 9.11. The molecule has 3 rings (SSSR count). The Morgan fingerprint density at radius 3 is 2.43 bits per heavy atom. The highest BCUT2D eigenvalue weighted by Gasteiger charge is 2.21. The fourth-order valence-corrected chi connectivity index (χ4v) is 3.98. The average molecular weight is 424 g/mol. The summed E-state index contributed by atoms with van der Waals surface area (Å²) in [7, 11) is 0. The topological polar surface area (TPSA) is 62.5 Å². The summed E-state index contributed by atoms with van der Waals surface area (Å²) >= 11 is 1.51. The van der Waals surface area contributed by atoms with Gasteiger partial charge in [0.25, 0.3) is 5.91 Å². The van der Waals surface area contributed by atoms with Crippen molar-refractivity contribution in [2.24, 2.45) is 0 Å². The summed E-state index contributed by atoms with van der Waals surface area (Å²) in [6.45, 7) is 10.4. The molecule has 0 spiro atoms. The van der Waals surface area contributed by atoms with E-state index in [1.807, 2.05) is 30.3 Å². The first-order valence-corrected chi connectivity index (χ1v) is 10.9. The molecular weight excluding hydrogens is 394 g/mol. The molecule has 0 fully saturated rings. The van der Waals surface area contributed by atoms with Crippen molar-refractivity contribution in [3.63, 3.8) is 0 Å². The Bertz CT molecular complexity index is 1000. The molecule has 1 aromatic heterocycles. The molecule has 0 aliphatic carbocycles. The summed E-state index contributed by atoms with van der Waals surface area (Å²) in [5.74, 6) is -0.112. The van der Waals surface area contributed by atoms with Crippen LogP contribution < -0.4 is 5.32 Å². The zero-order valence-electron chi connectivity index (χ0n) is 18.1. The first kappa shape index (κ1) is 22.2. The number of nitrogens with one attached hydrogen (secondary N) is 1. The Morgan fingerprint density at radius 1 is 1.07 bits per heavy atom. The van der Waals surface area contributed by atoms with Gasteiger partial charge in [0, 0.05) is 4.90 Å². The molecule has 158 valence electrons. The number of hydrogen-bond acceptors (Lipinski definition) is 4. The minimum atomic E-state index is -0.790. The molecule has 0 saturated heterocycles. The van der Waals surface area contributed by atoms with Crippen LogP contribution in [0.4, 0.5) is 0 Å². The third kappa shape index (κ3) is 5.35. The molecule has 1 amide bonds. The Kier molecular flexibility index (Phi) is 6.74. The van der Waals surface area contributed by atoms with Gasteiger partial charge in [0.05, 0.1) is 12.1 Å². The van der Waals surface area contributed by atoms with Crippen LogP contribution >= 0.6 is 11.8 Å². The summed E-state index contributed by atoms with van der Waals surface area (Å²) in [5, 5.41) is 13.9. The van der Waals surface area contributed by atoms with E-state index >= 15 is 0 Å². The highest BCUT2D eigenvalue weighted by molar-refractivity contribution is 7.99. The number of aliphatic hydroxyl groups excluding tert-OH is 1. The first-order chi connectivity index (χ1) is 14.1. The normalized spacial score (nSPS) is 13.7. The molecule has 4 nitrogen and oxygen atoms in total. The monoisotopic (exact) mass is 423 g/mol. The van der Waals surface area contributed by atoms with Crippen LogP contribution in [0, 0.1) is 6.92 Å². The highest BCUT2D eigenvalue weighted by atomic mass is 32.2. The van der Waals surface area contributed by atoms with E-state index in [4.69, 9.17) is 4.42 Å². The fourth-order valence-electron chi connectivity index (χ4n) is 3.08. The van der Waals surface area contributed by atoms with E-state index in [1.54, 1.807) is 19.1 Å². The van der Waals surface area contributed by atoms with Crippen LogP contribution in [0.3, 0.4) is 0 Å². The van der Waals surface area contributed by atoms with Gasteiger partial charge in [-0.15, -0.1) is 0 Å². The van der Waals surface area contributed by atoms with Crippen LogP contribution in [0.2, 0.25) is 0 Å². The van der Waals surface area contributed by atoms with Gasteiger partial charge in [0.2, 0.25) is 0 Å². The zero-order valence-corrected chi connectivity index (χ0v) is 18.9. The van der Waals surface area contributed by atoms with Crippen molar-refractivity contribution in [2.45, 2.75) is 62.2 Å². The Balaban J connectivity index is 1.68. The predicted molar refractivity (Wildman–Crippen MR) is 121 cm³/mol. The molecule has 2 atom stereocenters. The van der Waals surface area contributed by atoms with Crippen LogP contribution in [0.5, 0.6) is 0 Å². The van der Waals surface area contributed by atoms with E-state index in [1.165, 1.54) is 17.3 Å². The molecule has 2 aromatic carbocycles. The van der Waals surface area contributed by atoms with Crippen LogP contribution in [-0.2, 0) is 5.41 Å². The molecule has 30 heavy (non-hydrogen) atoms. The fraction of sp³-hybridized carbons (Fsp3) is 0.320. The summed E-state index contributed by atoms with van der Waals surface area (Å²) < 4.78 is 5.79. The predicted octanol–water partition coefficient (Wildman–Crippen LogP) is 5.89. The van der Waals surface area contributed by atoms with E-state index in [0.717, 1.165) is 16.0 Å². The number of hydrogen-bond donors (Lipinski definition) is 2.